The Kier molecular flexibility index (Phi) is 1.66. The molecule has 13 heavy (non-hydrogen) atoms. The van der Waals surface area contributed by atoms with Gasteiger partial charge in [0.15, 0.2) is 11.9 Å². The molecule has 0 aliphatic heterocycles. The van der Waals surface area contributed by atoms with Gasteiger partial charge in [0, 0.05) is 0 Å². The van der Waals surface area contributed by atoms with Gasteiger partial charge in [-0.15, -0.1) is 0 Å². The standard InChI is InChI=1S/C9H5NO3/c11-4-6-2-1-3-7-9(6)13-8(5-12)10-7/h1-5H. The van der Waals surface area contributed by atoms with Gasteiger partial charge in [-0.3, -0.25) is 9.59 Å². The minimum absolute atomic E-state index is 0.00991. The highest BCUT2D eigenvalue weighted by molar-refractivity contribution is 5.93. The van der Waals surface area contributed by atoms with Crippen molar-refractivity contribution in [2.24, 2.45) is 0 Å². The van der Waals surface area contributed by atoms with Crippen LogP contribution >= 0.6 is 0 Å². The lowest BCUT2D eigenvalue weighted by Gasteiger charge is -1.88. The summed E-state index contributed by atoms with van der Waals surface area (Å²) in [7, 11) is 0. The van der Waals surface area contributed by atoms with Crippen LogP contribution in [0, 0.1) is 0 Å². The molecule has 2 aromatic rings. The van der Waals surface area contributed by atoms with Crippen molar-refractivity contribution >= 4 is 23.7 Å². The lowest BCUT2D eigenvalue weighted by atomic mass is 10.2. The summed E-state index contributed by atoms with van der Waals surface area (Å²) in [4.78, 5) is 24.7. The van der Waals surface area contributed by atoms with Crippen LogP contribution in [-0.4, -0.2) is 17.6 Å². The first kappa shape index (κ1) is 7.67. The minimum Gasteiger partial charge on any atom is -0.433 e. The van der Waals surface area contributed by atoms with E-state index in [1.54, 1.807) is 18.2 Å². The first-order valence-electron chi connectivity index (χ1n) is 3.65. The predicted molar refractivity (Wildman–Crippen MR) is 44.8 cm³/mol. The molecule has 0 atom stereocenters. The molecule has 0 unspecified atom stereocenters. The molecule has 0 bridgehead atoms. The Hall–Kier alpha value is -1.97. The number of hydrogen-bond donors (Lipinski definition) is 0. The monoisotopic (exact) mass is 175 g/mol. The van der Waals surface area contributed by atoms with Crippen LogP contribution in [0.1, 0.15) is 21.0 Å². The Balaban J connectivity index is 2.81. The van der Waals surface area contributed by atoms with Gasteiger partial charge in [-0.2, -0.15) is 0 Å². The van der Waals surface area contributed by atoms with Gasteiger partial charge in [0.05, 0.1) is 5.56 Å². The molecule has 0 amide bonds. The summed E-state index contributed by atoms with van der Waals surface area (Å²) >= 11 is 0. The van der Waals surface area contributed by atoms with Gasteiger partial charge in [-0.1, -0.05) is 6.07 Å². The third kappa shape index (κ3) is 1.12. The zero-order valence-corrected chi connectivity index (χ0v) is 6.56. The molecule has 0 spiro atoms. The Morgan fingerprint density at radius 2 is 2.08 bits per heavy atom. The molecule has 0 radical (unpaired) electrons. The number of carbonyl (C=O) groups is 2. The number of aldehydes is 2. The maximum absolute atomic E-state index is 10.5. The molecule has 1 aromatic heterocycles. The van der Waals surface area contributed by atoms with E-state index in [1.807, 2.05) is 0 Å². The van der Waals surface area contributed by atoms with Crippen LogP contribution in [0.25, 0.3) is 11.1 Å². The highest BCUT2D eigenvalue weighted by atomic mass is 16.4. The molecule has 0 saturated carbocycles. The number of benzene rings is 1. The normalized spacial score (nSPS) is 10.2. The van der Waals surface area contributed by atoms with Crippen molar-refractivity contribution in [2.75, 3.05) is 0 Å². The number of aromatic nitrogens is 1. The van der Waals surface area contributed by atoms with Gasteiger partial charge in [0.2, 0.25) is 6.29 Å². The zero-order valence-electron chi connectivity index (χ0n) is 6.56. The summed E-state index contributed by atoms with van der Waals surface area (Å²) in [5.74, 6) is -0.00991. The van der Waals surface area contributed by atoms with Crippen LogP contribution in [0.5, 0.6) is 0 Å². The van der Waals surface area contributed by atoms with Crippen LogP contribution in [0.3, 0.4) is 0 Å². The minimum atomic E-state index is -0.00991. The van der Waals surface area contributed by atoms with Crippen molar-refractivity contribution in [2.45, 2.75) is 0 Å². The van der Waals surface area contributed by atoms with Gasteiger partial charge in [-0.25, -0.2) is 4.98 Å². The topological polar surface area (TPSA) is 60.2 Å². The van der Waals surface area contributed by atoms with E-state index >= 15 is 0 Å². The van der Waals surface area contributed by atoms with Crippen LogP contribution < -0.4 is 0 Å². The molecule has 4 heteroatoms. The second kappa shape index (κ2) is 2.82. The molecule has 0 fully saturated rings. The summed E-state index contributed by atoms with van der Waals surface area (Å²) in [6.07, 6.45) is 1.18. The quantitative estimate of drug-likeness (QED) is 0.648. The summed E-state index contributed by atoms with van der Waals surface area (Å²) in [5, 5.41) is 0. The second-order valence-corrected chi connectivity index (χ2v) is 2.48. The third-order valence-corrected chi connectivity index (χ3v) is 1.69. The molecular formula is C9H5NO3. The molecular weight excluding hydrogens is 170 g/mol. The van der Waals surface area contributed by atoms with Crippen molar-refractivity contribution < 1.29 is 14.0 Å². The number of hydrogen-bond acceptors (Lipinski definition) is 4. The van der Waals surface area contributed by atoms with Crippen molar-refractivity contribution in [3.8, 4) is 0 Å². The average Bonchev–Trinajstić information content (AvgIpc) is 2.59. The van der Waals surface area contributed by atoms with E-state index < -0.39 is 0 Å². The van der Waals surface area contributed by atoms with E-state index in [1.165, 1.54) is 0 Å². The lowest BCUT2D eigenvalue weighted by Crippen LogP contribution is -1.78. The van der Waals surface area contributed by atoms with E-state index in [0.29, 0.717) is 29.2 Å². The summed E-state index contributed by atoms with van der Waals surface area (Å²) in [5.41, 5.74) is 1.28. The van der Waals surface area contributed by atoms with E-state index in [0.717, 1.165) is 0 Å². The smallest absolute Gasteiger partial charge is 0.260 e. The zero-order chi connectivity index (χ0) is 9.26. The highest BCUT2D eigenvalue weighted by Crippen LogP contribution is 2.17. The molecule has 0 aliphatic rings. The maximum atomic E-state index is 10.5. The van der Waals surface area contributed by atoms with Gasteiger partial charge in [0.1, 0.15) is 5.52 Å². The predicted octanol–water partition coefficient (Wildman–Crippen LogP) is 1.45. The fraction of sp³-hybridized carbons (Fsp3) is 0. The SMILES string of the molecule is O=Cc1nc2cccc(C=O)c2o1. The first-order chi connectivity index (χ1) is 6.35. The number of carbonyl (C=O) groups excluding carboxylic acids is 2. The first-order valence-corrected chi connectivity index (χ1v) is 3.65. The van der Waals surface area contributed by atoms with Crippen molar-refractivity contribution in [1.29, 1.82) is 0 Å². The second-order valence-electron chi connectivity index (χ2n) is 2.48. The third-order valence-electron chi connectivity index (χ3n) is 1.69. The summed E-state index contributed by atoms with van der Waals surface area (Å²) in [6, 6.07) is 4.97. The van der Waals surface area contributed by atoms with Gasteiger partial charge in [-0.05, 0) is 12.1 Å². The van der Waals surface area contributed by atoms with Gasteiger partial charge < -0.3 is 4.42 Å². The Morgan fingerprint density at radius 3 is 2.77 bits per heavy atom. The van der Waals surface area contributed by atoms with Crippen molar-refractivity contribution in [3.63, 3.8) is 0 Å². The molecule has 0 saturated heterocycles. The fourth-order valence-electron chi connectivity index (χ4n) is 1.13. The van der Waals surface area contributed by atoms with E-state index in [4.69, 9.17) is 4.42 Å². The number of fused-ring (bicyclic) bond motifs is 1. The van der Waals surface area contributed by atoms with Gasteiger partial charge in [0.25, 0.3) is 5.89 Å². The summed E-state index contributed by atoms with van der Waals surface area (Å²) in [6.45, 7) is 0. The molecule has 0 aliphatic carbocycles. The van der Waals surface area contributed by atoms with Crippen LogP contribution in [0.15, 0.2) is 22.6 Å². The molecule has 64 valence electrons. The largest absolute Gasteiger partial charge is 0.433 e. The Morgan fingerprint density at radius 1 is 1.23 bits per heavy atom. The lowest BCUT2D eigenvalue weighted by molar-refractivity contribution is 0.109. The van der Waals surface area contributed by atoms with Crippen molar-refractivity contribution in [3.05, 3.63) is 29.7 Å². The van der Waals surface area contributed by atoms with E-state index in [-0.39, 0.29) is 5.89 Å². The number of oxazole rings is 1. The van der Waals surface area contributed by atoms with Crippen molar-refractivity contribution in [1.82, 2.24) is 4.98 Å². The Bertz CT molecular complexity index is 473. The number of rotatable bonds is 2. The molecule has 2 rings (SSSR count). The summed E-state index contributed by atoms with van der Waals surface area (Å²) < 4.78 is 5.03. The maximum Gasteiger partial charge on any atom is 0.260 e. The van der Waals surface area contributed by atoms with Crippen LogP contribution in [0.2, 0.25) is 0 Å². The van der Waals surface area contributed by atoms with Gasteiger partial charge >= 0.3 is 0 Å². The molecule has 4 nitrogen and oxygen atoms in total. The van der Waals surface area contributed by atoms with Crippen LogP contribution in [0.4, 0.5) is 0 Å². The number of para-hydroxylation sites is 1. The highest BCUT2D eigenvalue weighted by Gasteiger charge is 2.07. The Labute approximate surface area is 73.2 Å². The molecule has 1 aromatic carbocycles. The van der Waals surface area contributed by atoms with E-state index in [2.05, 4.69) is 4.98 Å². The van der Waals surface area contributed by atoms with E-state index in [9.17, 15) is 9.59 Å². The van der Waals surface area contributed by atoms with Crippen LogP contribution in [-0.2, 0) is 0 Å². The fourth-order valence-corrected chi connectivity index (χ4v) is 1.13. The average molecular weight is 175 g/mol. The molecule has 0 N–H and O–H groups in total. The molecule has 1 heterocycles. The number of nitrogens with zero attached hydrogens (tertiary/aromatic N) is 1.